The maximum atomic E-state index is 6.27. The molecule has 0 amide bonds. The van der Waals surface area contributed by atoms with Gasteiger partial charge in [0.15, 0.2) is 0 Å². The van der Waals surface area contributed by atoms with Gasteiger partial charge in [-0.1, -0.05) is 27.7 Å². The maximum Gasteiger partial charge on any atom is 0.0674 e. The van der Waals surface area contributed by atoms with E-state index in [0.29, 0.717) is 16.9 Å². The number of nitrogens with two attached hydrogens (primary N) is 1. The van der Waals surface area contributed by atoms with Crippen LogP contribution in [0.3, 0.4) is 0 Å². The van der Waals surface area contributed by atoms with Crippen LogP contribution in [0.4, 0.5) is 0 Å². The molecular weight excluding hydrogens is 236 g/mol. The number of hydrogen-bond acceptors (Lipinski definition) is 3. The number of rotatable bonds is 2. The Hall–Kier alpha value is -0.120. The Balaban J connectivity index is 2.25. The quantitative estimate of drug-likeness (QED) is 0.837. The molecule has 1 saturated heterocycles. The van der Waals surface area contributed by atoms with Gasteiger partial charge in [-0.15, -0.1) is 0 Å². The molecule has 2 rings (SSSR count). The Morgan fingerprint density at radius 3 is 2.16 bits per heavy atom. The third-order valence-corrected chi connectivity index (χ3v) is 4.86. The van der Waals surface area contributed by atoms with E-state index in [4.69, 9.17) is 10.5 Å². The van der Waals surface area contributed by atoms with Gasteiger partial charge in [-0.05, 0) is 37.0 Å². The Kier molecular flexibility index (Phi) is 4.03. The Labute approximate surface area is 118 Å². The molecule has 3 nitrogen and oxygen atoms in total. The van der Waals surface area contributed by atoms with Crippen molar-refractivity contribution in [3.63, 3.8) is 0 Å². The van der Waals surface area contributed by atoms with E-state index in [1.807, 2.05) is 0 Å². The van der Waals surface area contributed by atoms with Crippen molar-refractivity contribution in [1.29, 1.82) is 0 Å². The molecule has 0 spiro atoms. The highest BCUT2D eigenvalue weighted by Gasteiger charge is 2.50. The summed E-state index contributed by atoms with van der Waals surface area (Å²) in [6.07, 6.45) is 4.06. The lowest BCUT2D eigenvalue weighted by molar-refractivity contribution is -0.104. The third-order valence-electron chi connectivity index (χ3n) is 4.86. The molecule has 1 saturated carbocycles. The zero-order valence-corrected chi connectivity index (χ0v) is 13.5. The highest BCUT2D eigenvalue weighted by atomic mass is 16.5. The predicted octanol–water partition coefficient (Wildman–Crippen LogP) is 2.64. The molecule has 2 aliphatic rings. The molecule has 112 valence electrons. The minimum atomic E-state index is 0.170. The summed E-state index contributed by atoms with van der Waals surface area (Å²) in [6, 6.07) is 0. The summed E-state index contributed by atoms with van der Waals surface area (Å²) in [5.74, 6) is 0. The van der Waals surface area contributed by atoms with Crippen LogP contribution in [-0.4, -0.2) is 42.8 Å². The Bertz CT molecular complexity index is 309. The first-order chi connectivity index (χ1) is 8.68. The van der Waals surface area contributed by atoms with Crippen LogP contribution < -0.4 is 5.73 Å². The first-order valence-electron chi connectivity index (χ1n) is 7.75. The number of ether oxygens (including phenoxy) is 1. The van der Waals surface area contributed by atoms with Gasteiger partial charge in [-0.3, -0.25) is 4.90 Å². The van der Waals surface area contributed by atoms with Crippen LogP contribution in [-0.2, 0) is 4.74 Å². The average molecular weight is 268 g/mol. The van der Waals surface area contributed by atoms with E-state index in [2.05, 4.69) is 39.5 Å². The highest BCUT2D eigenvalue weighted by molar-refractivity contribution is 5.05. The summed E-state index contributed by atoms with van der Waals surface area (Å²) in [5.41, 5.74) is 7.20. The van der Waals surface area contributed by atoms with E-state index in [9.17, 15) is 0 Å². The Morgan fingerprint density at radius 1 is 1.11 bits per heavy atom. The summed E-state index contributed by atoms with van der Waals surface area (Å²) in [4.78, 5) is 2.63. The summed E-state index contributed by atoms with van der Waals surface area (Å²) in [6.45, 7) is 15.5. The standard InChI is InChI=1S/C16H32N2O/c1-13-8-18(6-7-19-13)16(12-17)10-14(2,3)9-15(4,5)11-16/h13H,6-12,17H2,1-5H3. The van der Waals surface area contributed by atoms with E-state index >= 15 is 0 Å². The fourth-order valence-electron chi connectivity index (χ4n) is 5.01. The lowest BCUT2D eigenvalue weighted by atomic mass is 9.58. The first-order valence-corrected chi connectivity index (χ1v) is 7.75. The summed E-state index contributed by atoms with van der Waals surface area (Å²) < 4.78 is 5.71. The number of nitrogens with zero attached hydrogens (tertiary/aromatic N) is 1. The van der Waals surface area contributed by atoms with Crippen molar-refractivity contribution in [1.82, 2.24) is 4.90 Å². The van der Waals surface area contributed by atoms with Crippen LogP contribution in [0.15, 0.2) is 0 Å². The predicted molar refractivity (Wildman–Crippen MR) is 80.2 cm³/mol. The van der Waals surface area contributed by atoms with Gasteiger partial charge < -0.3 is 10.5 Å². The summed E-state index contributed by atoms with van der Waals surface area (Å²) in [5, 5.41) is 0. The monoisotopic (exact) mass is 268 g/mol. The normalized spacial score (nSPS) is 34.1. The van der Waals surface area contributed by atoms with Crippen LogP contribution >= 0.6 is 0 Å². The lowest BCUT2D eigenvalue weighted by Gasteiger charge is -2.57. The highest BCUT2D eigenvalue weighted by Crippen LogP contribution is 2.52. The first kappa shape index (κ1) is 15.3. The molecule has 1 aliphatic heterocycles. The van der Waals surface area contributed by atoms with Crippen LogP contribution in [0, 0.1) is 10.8 Å². The van der Waals surface area contributed by atoms with Crippen molar-refractivity contribution in [2.75, 3.05) is 26.2 Å². The zero-order chi connectivity index (χ0) is 14.3. The van der Waals surface area contributed by atoms with Gasteiger partial charge in [0.25, 0.3) is 0 Å². The Morgan fingerprint density at radius 2 is 1.68 bits per heavy atom. The van der Waals surface area contributed by atoms with Crippen LogP contribution in [0.2, 0.25) is 0 Å². The van der Waals surface area contributed by atoms with Crippen molar-refractivity contribution < 1.29 is 4.74 Å². The van der Waals surface area contributed by atoms with E-state index < -0.39 is 0 Å². The molecule has 0 bridgehead atoms. The average Bonchev–Trinajstić information content (AvgIpc) is 2.24. The fourth-order valence-corrected chi connectivity index (χ4v) is 5.01. The van der Waals surface area contributed by atoms with E-state index in [-0.39, 0.29) is 5.54 Å². The molecule has 3 heteroatoms. The molecule has 1 aliphatic carbocycles. The lowest BCUT2D eigenvalue weighted by Crippen LogP contribution is -2.64. The van der Waals surface area contributed by atoms with Crippen LogP contribution in [0.5, 0.6) is 0 Å². The maximum absolute atomic E-state index is 6.27. The van der Waals surface area contributed by atoms with Crippen molar-refractivity contribution >= 4 is 0 Å². The minimum Gasteiger partial charge on any atom is -0.376 e. The van der Waals surface area contributed by atoms with Crippen LogP contribution in [0.25, 0.3) is 0 Å². The second kappa shape index (κ2) is 5.01. The second-order valence-electron chi connectivity index (χ2n) is 8.41. The summed E-state index contributed by atoms with van der Waals surface area (Å²) >= 11 is 0. The van der Waals surface area contributed by atoms with Gasteiger partial charge in [0.2, 0.25) is 0 Å². The van der Waals surface area contributed by atoms with Gasteiger partial charge in [0.1, 0.15) is 0 Å². The van der Waals surface area contributed by atoms with Crippen molar-refractivity contribution in [3.05, 3.63) is 0 Å². The van der Waals surface area contributed by atoms with E-state index in [1.165, 1.54) is 19.3 Å². The van der Waals surface area contributed by atoms with Gasteiger partial charge in [-0.25, -0.2) is 0 Å². The topological polar surface area (TPSA) is 38.5 Å². The third kappa shape index (κ3) is 3.32. The molecule has 1 heterocycles. The van der Waals surface area contributed by atoms with Gasteiger partial charge in [0, 0.05) is 25.2 Å². The smallest absolute Gasteiger partial charge is 0.0674 e. The second-order valence-corrected chi connectivity index (χ2v) is 8.41. The number of morpholine rings is 1. The minimum absolute atomic E-state index is 0.170. The van der Waals surface area contributed by atoms with Gasteiger partial charge >= 0.3 is 0 Å². The van der Waals surface area contributed by atoms with Crippen molar-refractivity contribution in [2.24, 2.45) is 16.6 Å². The molecular formula is C16H32N2O. The van der Waals surface area contributed by atoms with Crippen molar-refractivity contribution in [2.45, 2.75) is 65.5 Å². The largest absolute Gasteiger partial charge is 0.376 e. The van der Waals surface area contributed by atoms with E-state index in [1.54, 1.807) is 0 Å². The SMILES string of the molecule is CC1CN(C2(CN)CC(C)(C)CC(C)(C)C2)CCO1. The van der Waals surface area contributed by atoms with Gasteiger partial charge in [0.05, 0.1) is 12.7 Å². The fraction of sp³-hybridized carbons (Fsp3) is 1.00. The molecule has 1 unspecified atom stereocenters. The molecule has 0 aromatic carbocycles. The molecule has 2 N–H and O–H groups in total. The van der Waals surface area contributed by atoms with Crippen LogP contribution in [0.1, 0.15) is 53.9 Å². The van der Waals surface area contributed by atoms with Gasteiger partial charge in [-0.2, -0.15) is 0 Å². The molecule has 0 radical (unpaired) electrons. The molecule has 2 fully saturated rings. The molecule has 0 aromatic heterocycles. The molecule has 1 atom stereocenters. The zero-order valence-electron chi connectivity index (χ0n) is 13.5. The van der Waals surface area contributed by atoms with Crippen molar-refractivity contribution in [3.8, 4) is 0 Å². The summed E-state index contributed by atoms with van der Waals surface area (Å²) in [7, 11) is 0. The molecule has 19 heavy (non-hydrogen) atoms. The number of hydrogen-bond donors (Lipinski definition) is 1. The molecule has 0 aromatic rings. The van der Waals surface area contributed by atoms with E-state index in [0.717, 1.165) is 26.2 Å².